The number of rotatable bonds is 3. The number of esters is 1. The van der Waals surface area contributed by atoms with E-state index in [4.69, 9.17) is 0 Å². The summed E-state index contributed by atoms with van der Waals surface area (Å²) in [6.45, 7) is 8.25. The lowest BCUT2D eigenvalue weighted by molar-refractivity contribution is 0.0594. The van der Waals surface area contributed by atoms with Gasteiger partial charge in [-0.25, -0.2) is 14.8 Å². The van der Waals surface area contributed by atoms with Gasteiger partial charge in [0.1, 0.15) is 12.1 Å². The molecule has 0 atom stereocenters. The van der Waals surface area contributed by atoms with E-state index in [9.17, 15) is 4.79 Å². The van der Waals surface area contributed by atoms with Crippen LogP contribution < -0.4 is 4.90 Å². The second-order valence-electron chi connectivity index (χ2n) is 4.87. The van der Waals surface area contributed by atoms with Crippen LogP contribution in [0.25, 0.3) is 0 Å². The van der Waals surface area contributed by atoms with Crippen molar-refractivity contribution in [1.82, 2.24) is 14.9 Å². The summed E-state index contributed by atoms with van der Waals surface area (Å²) in [5, 5.41) is 0. The molecular weight excluding hydrogens is 244 g/mol. The Kier molecular flexibility index (Phi) is 4.31. The minimum atomic E-state index is -0.426. The molecule has 19 heavy (non-hydrogen) atoms. The topological polar surface area (TPSA) is 58.6 Å². The predicted octanol–water partition coefficient (Wildman–Crippen LogP) is 0.794. The third-order valence-electron chi connectivity index (χ3n) is 3.42. The lowest BCUT2D eigenvalue weighted by Crippen LogP contribution is -2.49. The Balaban J connectivity index is 2.05. The van der Waals surface area contributed by atoms with Crippen LogP contribution >= 0.6 is 0 Å². The maximum absolute atomic E-state index is 11.5. The molecule has 6 heteroatoms. The van der Waals surface area contributed by atoms with Crippen molar-refractivity contribution >= 4 is 11.8 Å². The van der Waals surface area contributed by atoms with Crippen LogP contribution in [-0.4, -0.2) is 60.2 Å². The number of piperazine rings is 1. The zero-order chi connectivity index (χ0) is 13.8. The number of anilines is 1. The van der Waals surface area contributed by atoms with Crippen LogP contribution in [0.4, 0.5) is 5.82 Å². The van der Waals surface area contributed by atoms with Crippen molar-refractivity contribution in [1.29, 1.82) is 0 Å². The van der Waals surface area contributed by atoms with Crippen LogP contribution in [0.1, 0.15) is 24.3 Å². The first-order chi connectivity index (χ1) is 9.11. The summed E-state index contributed by atoms with van der Waals surface area (Å²) < 4.78 is 4.67. The van der Waals surface area contributed by atoms with Crippen molar-refractivity contribution in [3.05, 3.63) is 18.1 Å². The Hall–Kier alpha value is -1.69. The van der Waals surface area contributed by atoms with E-state index in [1.807, 2.05) is 0 Å². The summed E-state index contributed by atoms with van der Waals surface area (Å²) in [5.74, 6) is 0.364. The molecule has 1 aliphatic rings. The molecular formula is C13H20N4O2. The third kappa shape index (κ3) is 3.20. The molecule has 0 aliphatic carbocycles. The first-order valence-corrected chi connectivity index (χ1v) is 6.51. The molecule has 1 aromatic heterocycles. The Morgan fingerprint density at radius 1 is 1.26 bits per heavy atom. The van der Waals surface area contributed by atoms with Gasteiger partial charge in [0.05, 0.1) is 7.11 Å². The zero-order valence-corrected chi connectivity index (χ0v) is 11.7. The monoisotopic (exact) mass is 264 g/mol. The lowest BCUT2D eigenvalue weighted by atomic mass is 10.2. The highest BCUT2D eigenvalue weighted by Crippen LogP contribution is 2.15. The minimum Gasteiger partial charge on any atom is -0.464 e. The first-order valence-electron chi connectivity index (χ1n) is 6.51. The molecule has 0 saturated carbocycles. The lowest BCUT2D eigenvalue weighted by Gasteiger charge is -2.37. The zero-order valence-electron chi connectivity index (χ0n) is 11.7. The standard InChI is InChI=1S/C13H20N4O2/c1-10(2)16-4-6-17(7-5-16)12-8-11(13(18)19-3)14-9-15-12/h8-10H,4-7H2,1-3H3. The summed E-state index contributed by atoms with van der Waals surface area (Å²) in [6.07, 6.45) is 1.41. The van der Waals surface area contributed by atoms with Crippen molar-refractivity contribution in [3.8, 4) is 0 Å². The maximum atomic E-state index is 11.5. The third-order valence-corrected chi connectivity index (χ3v) is 3.42. The van der Waals surface area contributed by atoms with Crippen molar-refractivity contribution in [2.45, 2.75) is 19.9 Å². The highest BCUT2D eigenvalue weighted by molar-refractivity contribution is 5.87. The number of nitrogens with zero attached hydrogens (tertiary/aromatic N) is 4. The largest absolute Gasteiger partial charge is 0.464 e. The van der Waals surface area contributed by atoms with E-state index in [2.05, 4.69) is 38.4 Å². The van der Waals surface area contributed by atoms with Crippen molar-refractivity contribution in [2.75, 3.05) is 38.2 Å². The van der Waals surface area contributed by atoms with Gasteiger partial charge in [-0.2, -0.15) is 0 Å². The molecule has 104 valence electrons. The molecule has 0 unspecified atom stereocenters. The number of hydrogen-bond acceptors (Lipinski definition) is 6. The Morgan fingerprint density at radius 3 is 2.53 bits per heavy atom. The quantitative estimate of drug-likeness (QED) is 0.752. The molecule has 0 amide bonds. The molecule has 2 heterocycles. The van der Waals surface area contributed by atoms with Crippen LogP contribution in [0, 0.1) is 0 Å². The van der Waals surface area contributed by atoms with Gasteiger partial charge in [0.2, 0.25) is 0 Å². The molecule has 1 saturated heterocycles. The van der Waals surface area contributed by atoms with Gasteiger partial charge in [-0.15, -0.1) is 0 Å². The molecule has 1 aliphatic heterocycles. The average molecular weight is 264 g/mol. The van der Waals surface area contributed by atoms with Crippen molar-refractivity contribution in [3.63, 3.8) is 0 Å². The van der Waals surface area contributed by atoms with Crippen LogP contribution in [0.5, 0.6) is 0 Å². The fourth-order valence-corrected chi connectivity index (χ4v) is 2.20. The fraction of sp³-hybridized carbons (Fsp3) is 0.615. The van der Waals surface area contributed by atoms with Crippen LogP contribution in [0.3, 0.4) is 0 Å². The minimum absolute atomic E-state index is 0.304. The highest BCUT2D eigenvalue weighted by atomic mass is 16.5. The summed E-state index contributed by atoms with van der Waals surface area (Å²) in [4.78, 5) is 24.2. The summed E-state index contributed by atoms with van der Waals surface area (Å²) in [5.41, 5.74) is 0.304. The summed E-state index contributed by atoms with van der Waals surface area (Å²) in [7, 11) is 1.35. The molecule has 0 radical (unpaired) electrons. The maximum Gasteiger partial charge on any atom is 0.356 e. The van der Waals surface area contributed by atoms with E-state index < -0.39 is 5.97 Å². The van der Waals surface area contributed by atoms with Gasteiger partial charge in [0, 0.05) is 38.3 Å². The van der Waals surface area contributed by atoms with Gasteiger partial charge in [0.25, 0.3) is 0 Å². The van der Waals surface area contributed by atoms with Gasteiger partial charge in [-0.05, 0) is 13.8 Å². The van der Waals surface area contributed by atoms with Crippen molar-refractivity contribution in [2.24, 2.45) is 0 Å². The molecule has 1 fully saturated rings. The number of carbonyl (C=O) groups is 1. The molecule has 1 aromatic rings. The Bertz CT molecular complexity index is 442. The highest BCUT2D eigenvalue weighted by Gasteiger charge is 2.20. The van der Waals surface area contributed by atoms with E-state index in [-0.39, 0.29) is 0 Å². The van der Waals surface area contributed by atoms with E-state index >= 15 is 0 Å². The van der Waals surface area contributed by atoms with Gasteiger partial charge in [-0.1, -0.05) is 0 Å². The molecule has 0 spiro atoms. The van der Waals surface area contributed by atoms with Crippen LogP contribution in [0.15, 0.2) is 12.4 Å². The van der Waals surface area contributed by atoms with Crippen LogP contribution in [0.2, 0.25) is 0 Å². The first kappa shape index (κ1) is 13.7. The molecule has 0 aromatic carbocycles. The van der Waals surface area contributed by atoms with E-state index in [0.717, 1.165) is 32.0 Å². The van der Waals surface area contributed by atoms with E-state index in [1.54, 1.807) is 6.07 Å². The molecule has 6 nitrogen and oxygen atoms in total. The van der Waals surface area contributed by atoms with E-state index in [1.165, 1.54) is 13.4 Å². The SMILES string of the molecule is COC(=O)c1cc(N2CCN(C(C)C)CC2)ncn1. The van der Waals surface area contributed by atoms with Gasteiger partial charge < -0.3 is 9.64 Å². The summed E-state index contributed by atoms with van der Waals surface area (Å²) in [6, 6.07) is 2.26. The Morgan fingerprint density at radius 2 is 1.95 bits per heavy atom. The Labute approximate surface area is 113 Å². The van der Waals surface area contributed by atoms with Gasteiger partial charge in [-0.3, -0.25) is 4.90 Å². The average Bonchev–Trinajstić information content (AvgIpc) is 2.46. The molecule has 2 rings (SSSR count). The number of methoxy groups -OCH3 is 1. The van der Waals surface area contributed by atoms with Gasteiger partial charge in [0.15, 0.2) is 5.69 Å². The molecule has 0 bridgehead atoms. The number of carbonyl (C=O) groups excluding carboxylic acids is 1. The smallest absolute Gasteiger partial charge is 0.356 e. The fourth-order valence-electron chi connectivity index (χ4n) is 2.20. The summed E-state index contributed by atoms with van der Waals surface area (Å²) >= 11 is 0. The number of ether oxygens (including phenoxy) is 1. The number of aromatic nitrogens is 2. The predicted molar refractivity (Wildman–Crippen MR) is 72.3 cm³/mol. The second kappa shape index (κ2) is 5.97. The normalized spacial score (nSPS) is 16.7. The van der Waals surface area contributed by atoms with E-state index in [0.29, 0.717) is 11.7 Å². The van der Waals surface area contributed by atoms with Crippen molar-refractivity contribution < 1.29 is 9.53 Å². The number of hydrogen-bond donors (Lipinski definition) is 0. The van der Waals surface area contributed by atoms with Crippen LogP contribution in [-0.2, 0) is 4.74 Å². The molecule has 0 N–H and O–H groups in total. The van der Waals surface area contributed by atoms with Gasteiger partial charge >= 0.3 is 5.97 Å². The second-order valence-corrected chi connectivity index (χ2v) is 4.87.